The molecule has 3 heteroatoms. The summed E-state index contributed by atoms with van der Waals surface area (Å²) in [7, 11) is 0. The van der Waals surface area contributed by atoms with Gasteiger partial charge in [-0.15, -0.1) is 0 Å². The molecule has 0 bridgehead atoms. The van der Waals surface area contributed by atoms with Gasteiger partial charge in [0.1, 0.15) is 6.61 Å². The molecule has 0 saturated heterocycles. The maximum absolute atomic E-state index is 11.3. The lowest BCUT2D eigenvalue weighted by Crippen LogP contribution is -2.05. The van der Waals surface area contributed by atoms with Crippen LogP contribution in [0.25, 0.3) is 0 Å². The van der Waals surface area contributed by atoms with E-state index in [4.69, 9.17) is 0 Å². The number of halogens is 2. The Morgan fingerprint density at radius 3 is 2.00 bits per heavy atom. The van der Waals surface area contributed by atoms with E-state index in [1.807, 2.05) is 0 Å². The van der Waals surface area contributed by atoms with Crippen LogP contribution in [0.15, 0.2) is 11.8 Å². The van der Waals surface area contributed by atoms with E-state index in [9.17, 15) is 8.78 Å². The summed E-state index contributed by atoms with van der Waals surface area (Å²) < 4.78 is 26.4. The van der Waals surface area contributed by atoms with Gasteiger partial charge in [-0.3, -0.25) is 0 Å². The normalized spacial score (nSPS) is 19.7. The van der Waals surface area contributed by atoms with Crippen LogP contribution in [0.2, 0.25) is 0 Å². The summed E-state index contributed by atoms with van der Waals surface area (Å²) in [6.07, 6.45) is 0. The molecule has 0 aromatic heterocycles. The van der Waals surface area contributed by atoms with Crippen LogP contribution in [-0.4, -0.2) is 6.61 Å². The molecule has 6 heavy (non-hydrogen) atoms. The van der Waals surface area contributed by atoms with Crippen LogP contribution in [0, 0.1) is 0 Å². The smallest absolute Gasteiger partial charge is 0.308 e. The molecular formula is C3H2F2O. The van der Waals surface area contributed by atoms with Crippen molar-refractivity contribution in [2.45, 2.75) is 0 Å². The van der Waals surface area contributed by atoms with Crippen LogP contribution < -0.4 is 0 Å². The van der Waals surface area contributed by atoms with Crippen LogP contribution in [0.4, 0.5) is 8.78 Å². The minimum atomic E-state index is -1.06. The van der Waals surface area contributed by atoms with E-state index >= 15 is 0 Å². The fourth-order valence-corrected chi connectivity index (χ4v) is 0.181. The molecule has 34 valence electrons. The molecule has 1 rings (SSSR count). The van der Waals surface area contributed by atoms with Gasteiger partial charge in [-0.25, -0.2) is 4.39 Å². The standard InChI is InChI=1S/C3H2F2O/c4-2-1-6-3(2)5/h1H2. The number of hydrogen-bond acceptors (Lipinski definition) is 1. The van der Waals surface area contributed by atoms with Gasteiger partial charge in [-0.1, -0.05) is 0 Å². The van der Waals surface area contributed by atoms with Crippen molar-refractivity contribution in [2.75, 3.05) is 6.61 Å². The highest BCUT2D eigenvalue weighted by Gasteiger charge is 2.17. The van der Waals surface area contributed by atoms with Crippen molar-refractivity contribution < 1.29 is 13.5 Å². The van der Waals surface area contributed by atoms with Gasteiger partial charge in [0, 0.05) is 0 Å². The van der Waals surface area contributed by atoms with Gasteiger partial charge >= 0.3 is 6.01 Å². The number of ether oxygens (including phenoxy) is 1. The summed E-state index contributed by atoms with van der Waals surface area (Å²) >= 11 is 0. The minimum absolute atomic E-state index is 0.189. The summed E-state index contributed by atoms with van der Waals surface area (Å²) in [5.74, 6) is -0.782. The molecule has 0 aliphatic carbocycles. The molecule has 0 radical (unpaired) electrons. The highest BCUT2D eigenvalue weighted by Crippen LogP contribution is 2.19. The van der Waals surface area contributed by atoms with Crippen molar-refractivity contribution in [3.63, 3.8) is 0 Å². The molecule has 0 unspecified atom stereocenters. The SMILES string of the molecule is FC1=C(F)OC1. The third kappa shape index (κ3) is 0.278. The van der Waals surface area contributed by atoms with Gasteiger partial charge in [0.25, 0.3) is 0 Å². The quantitative estimate of drug-likeness (QED) is 0.435. The predicted molar refractivity (Wildman–Crippen MR) is 15.2 cm³/mol. The zero-order chi connectivity index (χ0) is 4.57. The molecule has 0 aromatic carbocycles. The molecule has 0 aromatic rings. The van der Waals surface area contributed by atoms with Crippen molar-refractivity contribution >= 4 is 0 Å². The number of hydrogen-bond donors (Lipinski definition) is 0. The van der Waals surface area contributed by atoms with Gasteiger partial charge < -0.3 is 4.74 Å². The Morgan fingerprint density at radius 1 is 1.50 bits per heavy atom. The fraction of sp³-hybridized carbons (Fsp3) is 0.333. The second-order valence-corrected chi connectivity index (χ2v) is 0.967. The van der Waals surface area contributed by atoms with Crippen molar-refractivity contribution in [1.29, 1.82) is 0 Å². The van der Waals surface area contributed by atoms with E-state index in [-0.39, 0.29) is 6.61 Å². The molecule has 0 fully saturated rings. The largest absolute Gasteiger partial charge is 0.461 e. The van der Waals surface area contributed by atoms with Crippen molar-refractivity contribution in [1.82, 2.24) is 0 Å². The molecule has 0 N–H and O–H groups in total. The first-order valence-corrected chi connectivity index (χ1v) is 1.47. The van der Waals surface area contributed by atoms with Gasteiger partial charge in [-0.05, 0) is 0 Å². The first-order chi connectivity index (χ1) is 2.80. The molecule has 1 nitrogen and oxygen atoms in total. The zero-order valence-electron chi connectivity index (χ0n) is 2.87. The lowest BCUT2D eigenvalue weighted by Gasteiger charge is -2.09. The van der Waals surface area contributed by atoms with E-state index in [2.05, 4.69) is 4.74 Å². The molecule has 0 atom stereocenters. The minimum Gasteiger partial charge on any atom is -0.461 e. The maximum atomic E-state index is 11.3. The van der Waals surface area contributed by atoms with Crippen LogP contribution in [0.3, 0.4) is 0 Å². The highest BCUT2D eigenvalue weighted by molar-refractivity contribution is 5.01. The monoisotopic (exact) mass is 92.0 g/mol. The van der Waals surface area contributed by atoms with Crippen LogP contribution in [-0.2, 0) is 4.74 Å². The first-order valence-electron chi connectivity index (χ1n) is 1.47. The van der Waals surface area contributed by atoms with Gasteiger partial charge in [0.2, 0.25) is 5.83 Å². The van der Waals surface area contributed by atoms with E-state index in [0.29, 0.717) is 0 Å². The Bertz CT molecular complexity index is 85.0. The van der Waals surface area contributed by atoms with E-state index < -0.39 is 11.8 Å². The van der Waals surface area contributed by atoms with Crippen LogP contribution in [0.1, 0.15) is 0 Å². The van der Waals surface area contributed by atoms with Gasteiger partial charge in [0.05, 0.1) is 0 Å². The Kier molecular flexibility index (Phi) is 0.555. The highest BCUT2D eigenvalue weighted by atomic mass is 19.2. The molecule has 0 amide bonds. The topological polar surface area (TPSA) is 9.23 Å². The average Bonchev–Trinajstić information content (AvgIpc) is 1.61. The Hall–Kier alpha value is -0.600. The predicted octanol–water partition coefficient (Wildman–Crippen LogP) is 1.12. The summed E-state index contributed by atoms with van der Waals surface area (Å²) in [5, 5.41) is 0. The maximum Gasteiger partial charge on any atom is 0.308 e. The van der Waals surface area contributed by atoms with Gasteiger partial charge in [-0.2, -0.15) is 4.39 Å². The van der Waals surface area contributed by atoms with Crippen molar-refractivity contribution in [3.05, 3.63) is 11.8 Å². The van der Waals surface area contributed by atoms with Crippen molar-refractivity contribution in [3.8, 4) is 0 Å². The first kappa shape index (κ1) is 3.59. The van der Waals surface area contributed by atoms with Gasteiger partial charge in [0.15, 0.2) is 0 Å². The molecular weight excluding hydrogens is 90.0 g/mol. The summed E-state index contributed by atoms with van der Waals surface area (Å²) in [5.41, 5.74) is 0. The Labute approximate surface area is 33.2 Å². The van der Waals surface area contributed by atoms with Crippen molar-refractivity contribution in [2.24, 2.45) is 0 Å². The van der Waals surface area contributed by atoms with Crippen LogP contribution >= 0.6 is 0 Å². The second kappa shape index (κ2) is 0.929. The molecule has 0 saturated carbocycles. The lowest BCUT2D eigenvalue weighted by molar-refractivity contribution is 0.0768. The lowest BCUT2D eigenvalue weighted by atomic mass is 10.5. The summed E-state index contributed by atoms with van der Waals surface area (Å²) in [4.78, 5) is 0. The van der Waals surface area contributed by atoms with E-state index in [1.165, 1.54) is 0 Å². The summed E-state index contributed by atoms with van der Waals surface area (Å²) in [6, 6.07) is -1.06. The average molecular weight is 92.0 g/mol. The second-order valence-electron chi connectivity index (χ2n) is 0.967. The third-order valence-corrected chi connectivity index (χ3v) is 0.539. The van der Waals surface area contributed by atoms with Crippen LogP contribution in [0.5, 0.6) is 0 Å². The van der Waals surface area contributed by atoms with E-state index in [1.54, 1.807) is 0 Å². The molecule has 1 aliphatic rings. The molecule has 1 aliphatic heterocycles. The third-order valence-electron chi connectivity index (χ3n) is 0.539. The Balaban J connectivity index is 2.66. The zero-order valence-corrected chi connectivity index (χ0v) is 2.87. The van der Waals surface area contributed by atoms with E-state index in [0.717, 1.165) is 0 Å². The molecule has 1 heterocycles. The Morgan fingerprint density at radius 2 is 2.00 bits per heavy atom. The summed E-state index contributed by atoms with van der Waals surface area (Å²) in [6.45, 7) is -0.189. The fourth-order valence-electron chi connectivity index (χ4n) is 0.181. The number of rotatable bonds is 0. The molecule has 0 spiro atoms.